The molecule has 20 heavy (non-hydrogen) atoms. The maximum atomic E-state index is 12.1. The van der Waals surface area contributed by atoms with E-state index < -0.39 is 16.4 Å². The summed E-state index contributed by atoms with van der Waals surface area (Å²) in [5.41, 5.74) is 0.454. The van der Waals surface area contributed by atoms with Crippen LogP contribution in [0.25, 0.3) is 6.08 Å². The lowest BCUT2D eigenvalue weighted by Crippen LogP contribution is -2.11. The zero-order valence-corrected chi connectivity index (χ0v) is 11.9. The number of carbonyl (C=O) groups excluding carboxylic acids is 1. The van der Waals surface area contributed by atoms with E-state index in [9.17, 15) is 14.9 Å². The zero-order chi connectivity index (χ0) is 14.5. The van der Waals surface area contributed by atoms with E-state index in [2.05, 4.69) is 15.9 Å². The lowest BCUT2D eigenvalue weighted by Gasteiger charge is -1.99. The van der Waals surface area contributed by atoms with Crippen LogP contribution in [-0.4, -0.2) is 10.7 Å². The van der Waals surface area contributed by atoms with E-state index in [0.29, 0.717) is 11.1 Å². The minimum Gasteiger partial charge on any atom is -0.282 e. The molecule has 0 amide bonds. The molecule has 100 valence electrons. The molecule has 0 aliphatic rings. The van der Waals surface area contributed by atoms with Crippen molar-refractivity contribution in [2.75, 3.05) is 0 Å². The summed E-state index contributed by atoms with van der Waals surface area (Å²) in [6, 6.07) is 15.1. The molecule has 0 fully saturated rings. The van der Waals surface area contributed by atoms with Crippen LogP contribution >= 0.6 is 15.9 Å². The quantitative estimate of drug-likeness (QED) is 0.369. The van der Waals surface area contributed by atoms with Crippen LogP contribution in [0.3, 0.4) is 0 Å². The Morgan fingerprint density at radius 3 is 2.20 bits per heavy atom. The van der Waals surface area contributed by atoms with Crippen molar-refractivity contribution in [2.24, 2.45) is 0 Å². The second-order valence-corrected chi connectivity index (χ2v) is 4.95. The third-order valence-corrected chi connectivity index (χ3v) is 3.17. The van der Waals surface area contributed by atoms with Gasteiger partial charge in [-0.05, 0) is 17.7 Å². The third-order valence-electron chi connectivity index (χ3n) is 2.64. The van der Waals surface area contributed by atoms with E-state index in [4.69, 9.17) is 0 Å². The molecule has 0 N–H and O–H groups in total. The van der Waals surface area contributed by atoms with Crippen molar-refractivity contribution in [1.82, 2.24) is 0 Å². The van der Waals surface area contributed by atoms with Crippen LogP contribution in [-0.2, 0) is 0 Å². The lowest BCUT2D eigenvalue weighted by atomic mass is 10.1. The minimum absolute atomic E-state index is 0.299. The SMILES string of the molecule is O=C(C(=Cc1ccc(Br)cc1)[N+](=O)[O-])c1ccccc1. The molecule has 0 radical (unpaired) electrons. The van der Waals surface area contributed by atoms with Crippen molar-refractivity contribution in [2.45, 2.75) is 0 Å². The van der Waals surface area contributed by atoms with Crippen LogP contribution in [0.1, 0.15) is 15.9 Å². The smallest absolute Gasteiger partial charge is 0.282 e. The number of nitrogens with zero attached hydrogens (tertiary/aromatic N) is 1. The lowest BCUT2D eigenvalue weighted by molar-refractivity contribution is -0.415. The Morgan fingerprint density at radius 2 is 1.65 bits per heavy atom. The van der Waals surface area contributed by atoms with Gasteiger partial charge in [-0.3, -0.25) is 14.9 Å². The maximum Gasteiger partial charge on any atom is 0.317 e. The molecule has 0 atom stereocenters. The summed E-state index contributed by atoms with van der Waals surface area (Å²) in [6.45, 7) is 0. The first-order chi connectivity index (χ1) is 9.58. The van der Waals surface area contributed by atoms with E-state index in [1.165, 1.54) is 6.08 Å². The van der Waals surface area contributed by atoms with Gasteiger partial charge in [-0.25, -0.2) is 0 Å². The summed E-state index contributed by atoms with van der Waals surface area (Å²) in [4.78, 5) is 22.6. The molecule has 0 heterocycles. The average molecular weight is 332 g/mol. The van der Waals surface area contributed by atoms with Crippen LogP contribution in [0.4, 0.5) is 0 Å². The van der Waals surface area contributed by atoms with Gasteiger partial charge in [-0.1, -0.05) is 58.4 Å². The molecule has 0 saturated carbocycles. The molecule has 0 aliphatic heterocycles. The topological polar surface area (TPSA) is 60.2 Å². The Bertz CT molecular complexity index is 663. The van der Waals surface area contributed by atoms with Crippen LogP contribution in [0, 0.1) is 10.1 Å². The van der Waals surface area contributed by atoms with Crippen LogP contribution < -0.4 is 0 Å². The van der Waals surface area contributed by atoms with Gasteiger partial charge in [-0.15, -0.1) is 0 Å². The number of hydrogen-bond donors (Lipinski definition) is 0. The van der Waals surface area contributed by atoms with Gasteiger partial charge in [0.25, 0.3) is 5.78 Å². The molecule has 2 aromatic carbocycles. The first kappa shape index (κ1) is 14.1. The number of carbonyl (C=O) groups is 1. The molecule has 4 nitrogen and oxygen atoms in total. The third kappa shape index (κ3) is 3.39. The van der Waals surface area contributed by atoms with Gasteiger partial charge < -0.3 is 0 Å². The normalized spacial score (nSPS) is 11.2. The van der Waals surface area contributed by atoms with Gasteiger partial charge in [0.15, 0.2) is 0 Å². The number of halogens is 1. The summed E-state index contributed by atoms with van der Waals surface area (Å²) in [7, 11) is 0. The highest BCUT2D eigenvalue weighted by Gasteiger charge is 2.23. The fourth-order valence-electron chi connectivity index (χ4n) is 1.66. The molecule has 0 unspecified atom stereocenters. The Balaban J connectivity index is 2.39. The highest BCUT2D eigenvalue weighted by molar-refractivity contribution is 9.10. The fraction of sp³-hybridized carbons (Fsp3) is 0. The van der Waals surface area contributed by atoms with E-state index in [1.807, 2.05) is 0 Å². The maximum absolute atomic E-state index is 12.1. The molecule has 2 rings (SSSR count). The molecule has 5 heteroatoms. The number of Topliss-reactive ketones (excluding diaryl/α,β-unsaturated/α-hetero) is 1. The van der Waals surface area contributed by atoms with Crippen molar-refractivity contribution in [1.29, 1.82) is 0 Å². The second-order valence-electron chi connectivity index (χ2n) is 4.03. The average Bonchev–Trinajstić information content (AvgIpc) is 2.46. The van der Waals surface area contributed by atoms with Crippen molar-refractivity contribution < 1.29 is 9.72 Å². The van der Waals surface area contributed by atoms with Crippen LogP contribution in [0.15, 0.2) is 64.8 Å². The highest BCUT2D eigenvalue weighted by atomic mass is 79.9. The van der Waals surface area contributed by atoms with Gasteiger partial charge in [0.05, 0.1) is 4.92 Å². The fourth-order valence-corrected chi connectivity index (χ4v) is 1.92. The first-order valence-corrected chi connectivity index (χ1v) is 6.58. The van der Waals surface area contributed by atoms with Crippen LogP contribution in [0.5, 0.6) is 0 Å². The van der Waals surface area contributed by atoms with Gasteiger partial charge in [-0.2, -0.15) is 0 Å². The number of rotatable bonds is 4. The Hall–Kier alpha value is -2.27. The Kier molecular flexibility index (Phi) is 4.42. The van der Waals surface area contributed by atoms with Crippen molar-refractivity contribution in [3.63, 3.8) is 0 Å². The molecule has 0 saturated heterocycles. The summed E-state index contributed by atoms with van der Waals surface area (Å²) >= 11 is 3.28. The molecule has 0 aromatic heterocycles. The predicted octanol–water partition coefficient (Wildman–Crippen LogP) is 3.95. The van der Waals surface area contributed by atoms with E-state index in [-0.39, 0.29) is 0 Å². The van der Waals surface area contributed by atoms with E-state index in [0.717, 1.165) is 4.47 Å². The number of allylic oxidation sites excluding steroid dienone is 1. The number of ketones is 1. The van der Waals surface area contributed by atoms with Crippen molar-refractivity contribution in [3.8, 4) is 0 Å². The summed E-state index contributed by atoms with van der Waals surface area (Å²) in [6.07, 6.45) is 1.28. The minimum atomic E-state index is -0.655. The van der Waals surface area contributed by atoms with Crippen molar-refractivity contribution >= 4 is 27.8 Å². The summed E-state index contributed by atoms with van der Waals surface area (Å²) in [5.74, 6) is -0.599. The summed E-state index contributed by atoms with van der Waals surface area (Å²) in [5, 5.41) is 11.1. The molecule has 0 spiro atoms. The van der Waals surface area contributed by atoms with Gasteiger partial charge in [0.1, 0.15) is 0 Å². The summed E-state index contributed by atoms with van der Waals surface area (Å²) < 4.78 is 0.867. The highest BCUT2D eigenvalue weighted by Crippen LogP contribution is 2.16. The van der Waals surface area contributed by atoms with Crippen molar-refractivity contribution in [3.05, 3.63) is 86.0 Å². The largest absolute Gasteiger partial charge is 0.317 e. The molecular formula is C15H10BrNO3. The number of nitro groups is 1. The van der Waals surface area contributed by atoms with Gasteiger partial charge in [0, 0.05) is 16.1 Å². The standard InChI is InChI=1S/C15H10BrNO3/c16-13-8-6-11(7-9-13)10-14(17(19)20)15(18)12-4-2-1-3-5-12/h1-10H. The molecular weight excluding hydrogens is 322 g/mol. The first-order valence-electron chi connectivity index (χ1n) is 5.79. The van der Waals surface area contributed by atoms with E-state index in [1.54, 1.807) is 54.6 Å². The molecule has 0 aliphatic carbocycles. The second kappa shape index (κ2) is 6.25. The number of hydrogen-bond acceptors (Lipinski definition) is 3. The molecule has 0 bridgehead atoms. The monoisotopic (exact) mass is 331 g/mol. The number of benzene rings is 2. The van der Waals surface area contributed by atoms with Gasteiger partial charge >= 0.3 is 5.70 Å². The van der Waals surface area contributed by atoms with E-state index >= 15 is 0 Å². The Labute approximate surface area is 124 Å². The molecule has 2 aromatic rings. The van der Waals surface area contributed by atoms with Crippen LogP contribution in [0.2, 0.25) is 0 Å². The zero-order valence-electron chi connectivity index (χ0n) is 10.3. The Morgan fingerprint density at radius 1 is 1.05 bits per heavy atom. The van der Waals surface area contributed by atoms with Gasteiger partial charge in [0.2, 0.25) is 0 Å². The predicted molar refractivity (Wildman–Crippen MR) is 79.9 cm³/mol.